The maximum Gasteiger partial charge on any atom is 0.246 e. The second kappa shape index (κ2) is 58.6. The largest absolute Gasteiger partial charge is 0.497 e. The van der Waals surface area contributed by atoms with Crippen LogP contribution in [-0.2, 0) is 118 Å². The Hall–Kier alpha value is -12.9. The van der Waals surface area contributed by atoms with E-state index in [0.29, 0.717) is 35.5 Å². The Morgan fingerprint density at radius 2 is 0.797 bits per heavy atom. The molecule has 0 saturated carbocycles. The highest BCUT2D eigenvalue weighted by atomic mass is 32.2. The van der Waals surface area contributed by atoms with E-state index in [1.54, 1.807) is 76.2 Å². The van der Waals surface area contributed by atoms with Crippen molar-refractivity contribution in [2.75, 3.05) is 63.4 Å². The third-order valence-corrected chi connectivity index (χ3v) is 25.1. The predicted octanol–water partition coefficient (Wildman–Crippen LogP) is -5.00. The second-order valence-electron chi connectivity index (χ2n) is 34.4. The Balaban J connectivity index is 0.000000504. The number of primary amides is 6. The lowest BCUT2D eigenvalue weighted by molar-refractivity contribution is -0.142. The number of nitrogens with zero attached hydrogens (tertiary/aromatic N) is 2. The summed E-state index contributed by atoms with van der Waals surface area (Å²) < 4.78 is 51.1. The standard InChI is InChI=1S/2C45H69N11O12S/c2*1-6-25(4)38-44(66)51-28(15-16-34(46)57)40(62)52-31(21-35(47)58)41(63)54-32(23-69-18-8-10-37(60)50-30(42(64)55-38)20-26-11-13-27(68-5)14-12-26)45(67)56-17-7-9-33(56)43(65)53-29(19-24(2)3)39(61)49-22-36(48)59/h2*11-14,24-25,28-33,38H,6-10,15-23H2,1-5H3,(H2,46,57)(H2,47,58)(H2,48,59)(H,49,61)(H,50,60)(H,51,66)(H,52,62)(H,53,65)(H,54,63)(H,55,64)/t2*25-,28-,29?,30-,31-,32-,33-,38-/m00/s1/i19D2;2D3/tm;24?,25-,28-,29?,30-,31-,32-,33-,38-. The smallest absolute Gasteiger partial charge is 0.246 e. The zero-order chi connectivity index (χ0) is 107. The summed E-state index contributed by atoms with van der Waals surface area (Å²) in [5.41, 5.74) is 33.5. The van der Waals surface area contributed by atoms with Gasteiger partial charge < -0.3 is 128 Å². The molecule has 17 atom stereocenters. The van der Waals surface area contributed by atoms with Gasteiger partial charge in [-0.1, -0.05) is 92.4 Å². The molecule has 764 valence electrons. The Kier molecular flexibility index (Phi) is 45.5. The number of hydrogen-bond acceptors (Lipinski definition) is 26. The number of ether oxygens (including phenoxy) is 2. The Bertz CT molecular complexity index is 4840. The van der Waals surface area contributed by atoms with Crippen LogP contribution in [0.5, 0.6) is 11.5 Å². The number of nitrogens with two attached hydrogens (primary N) is 6. The van der Waals surface area contributed by atoms with Gasteiger partial charge in [-0.3, -0.25) is 105 Å². The molecule has 4 aliphatic rings. The average Bonchev–Trinajstić information content (AvgIpc) is 1.53. The maximum absolute atomic E-state index is 14.5. The summed E-state index contributed by atoms with van der Waals surface area (Å²) in [7, 11) is 2.98. The number of likely N-dealkylation sites (tertiary alicyclic amines) is 2. The van der Waals surface area contributed by atoms with Crippen molar-refractivity contribution in [3.8, 4) is 11.5 Å². The van der Waals surface area contributed by atoms with Crippen LogP contribution in [0.15, 0.2) is 48.5 Å². The molecule has 48 heteroatoms. The van der Waals surface area contributed by atoms with Crippen LogP contribution < -0.4 is 118 Å². The first-order valence-electron chi connectivity index (χ1n) is 48.1. The summed E-state index contributed by atoms with van der Waals surface area (Å²) in [5.74, 6) is -21.2. The van der Waals surface area contributed by atoms with E-state index < -0.39 is 303 Å². The molecule has 4 heterocycles. The van der Waals surface area contributed by atoms with Crippen molar-refractivity contribution in [1.29, 1.82) is 0 Å². The van der Waals surface area contributed by atoms with Crippen LogP contribution >= 0.6 is 23.5 Å². The topological polar surface area (TPSA) is 725 Å². The molecule has 22 amide bonds. The van der Waals surface area contributed by atoms with Gasteiger partial charge in [0.05, 0.1) is 40.2 Å². The number of rotatable bonds is 36. The van der Waals surface area contributed by atoms with Crippen LogP contribution in [0.25, 0.3) is 0 Å². The van der Waals surface area contributed by atoms with E-state index >= 15 is 0 Å². The van der Waals surface area contributed by atoms with E-state index in [1.807, 2.05) is 0 Å². The van der Waals surface area contributed by atoms with E-state index in [-0.39, 0.29) is 107 Å². The minimum Gasteiger partial charge on any atom is -0.497 e. The lowest BCUT2D eigenvalue weighted by Crippen LogP contribution is -2.61. The van der Waals surface area contributed by atoms with Crippen LogP contribution in [0.2, 0.25) is 0 Å². The lowest BCUT2D eigenvalue weighted by Gasteiger charge is -2.31. The number of amides is 22. The SMILES string of the molecule is [2H]C([2H])(C(C)C)C(NC(=O)[C@@H]1CCCN1C(=O)[C@@H]1CSCCCC(=O)N[C@@H](Cc2ccc(OC)cc2)C(=O)N[C@@H]([C@@H](C)CC)C(=O)N[C@@H](CCC(N)=O)C(=O)N[C@@H](CC(N)=O)C(=O)N1)C(=O)NCC(N)=O.[2H]C([2H])([2H])C(C)CC(NC(=O)[C@@H]1CCCN1C(=O)[C@@H]1CSCCCC(=O)N[C@@H](Cc2ccc(OC)cc2)C(=O)N[C@@H]([C@@H](C)CC)C(=O)N[C@@H](CCC(N)=O)C(=O)N[C@@H](CC(N)=O)C(=O)N1)C(=O)NCC(N)=O. The van der Waals surface area contributed by atoms with Crippen LogP contribution in [0.1, 0.15) is 189 Å². The van der Waals surface area contributed by atoms with Crippen molar-refractivity contribution < 1.29 is 122 Å². The minimum atomic E-state index is -2.53. The molecule has 138 heavy (non-hydrogen) atoms. The molecule has 2 aromatic rings. The summed E-state index contributed by atoms with van der Waals surface area (Å²) in [4.78, 5) is 297. The number of methoxy groups -OCH3 is 2. The van der Waals surface area contributed by atoms with Gasteiger partial charge >= 0.3 is 0 Å². The van der Waals surface area contributed by atoms with E-state index in [1.165, 1.54) is 35.0 Å². The van der Waals surface area contributed by atoms with Crippen molar-refractivity contribution >= 4 is 153 Å². The van der Waals surface area contributed by atoms with Crippen molar-refractivity contribution in [3.05, 3.63) is 59.7 Å². The van der Waals surface area contributed by atoms with Crippen LogP contribution in [-0.4, -0.2) is 288 Å². The molecule has 4 fully saturated rings. The highest BCUT2D eigenvalue weighted by Crippen LogP contribution is 2.26. The monoisotopic (exact) mass is 1980 g/mol. The van der Waals surface area contributed by atoms with Crippen LogP contribution in [0.4, 0.5) is 0 Å². The average molecular weight is 1980 g/mol. The predicted molar refractivity (Wildman–Crippen MR) is 506 cm³/mol. The van der Waals surface area contributed by atoms with Crippen LogP contribution in [0, 0.1) is 23.7 Å². The van der Waals surface area contributed by atoms with Gasteiger partial charge in [0.25, 0.3) is 0 Å². The fraction of sp³-hybridized carbons (Fsp3) is 0.622. The van der Waals surface area contributed by atoms with Gasteiger partial charge in [-0.25, -0.2) is 0 Å². The van der Waals surface area contributed by atoms with Gasteiger partial charge in [0.1, 0.15) is 96.1 Å². The molecule has 4 aliphatic heterocycles. The van der Waals surface area contributed by atoms with Gasteiger partial charge in [0, 0.05) is 70.0 Å². The van der Waals surface area contributed by atoms with E-state index in [4.69, 9.17) is 50.7 Å². The molecule has 4 saturated heterocycles. The fourth-order valence-corrected chi connectivity index (χ4v) is 17.0. The highest BCUT2D eigenvalue weighted by molar-refractivity contribution is 7.99. The van der Waals surface area contributed by atoms with Crippen LogP contribution in [0.3, 0.4) is 0 Å². The molecule has 6 rings (SSSR count). The van der Waals surface area contributed by atoms with Crippen molar-refractivity contribution in [1.82, 2.24) is 84.2 Å². The Labute approximate surface area is 816 Å². The summed E-state index contributed by atoms with van der Waals surface area (Å²) in [6.45, 7) is 7.38. The first-order valence-corrected chi connectivity index (χ1v) is 47.9. The maximum atomic E-state index is 14.5. The highest BCUT2D eigenvalue weighted by Gasteiger charge is 2.45. The summed E-state index contributed by atoms with van der Waals surface area (Å²) in [6, 6.07) is -6.85. The van der Waals surface area contributed by atoms with E-state index in [0.717, 1.165) is 33.3 Å². The van der Waals surface area contributed by atoms with Gasteiger partial charge in [-0.2, -0.15) is 23.5 Å². The van der Waals surface area contributed by atoms with Gasteiger partial charge in [-0.15, -0.1) is 0 Å². The zero-order valence-electron chi connectivity index (χ0n) is 84.1. The summed E-state index contributed by atoms with van der Waals surface area (Å²) >= 11 is 2.27. The number of carbonyl (C=O) groups excluding carboxylic acids is 22. The number of nitrogens with one attached hydrogen (secondary N) is 14. The van der Waals surface area contributed by atoms with Crippen molar-refractivity contribution in [3.63, 3.8) is 0 Å². The number of thioether (sulfide) groups is 2. The van der Waals surface area contributed by atoms with Gasteiger partial charge in [-0.05, 0) is 135 Å². The molecule has 3 unspecified atom stereocenters. The molecule has 46 nitrogen and oxygen atoms in total. The van der Waals surface area contributed by atoms with E-state index in [9.17, 15) is 105 Å². The number of hydrogen-bond donors (Lipinski definition) is 20. The normalized spacial score (nSPS) is 24.1. The Morgan fingerprint density at radius 3 is 1.14 bits per heavy atom. The molecule has 0 spiro atoms. The fourth-order valence-electron chi connectivity index (χ4n) is 15.0. The van der Waals surface area contributed by atoms with Gasteiger partial charge in [0.2, 0.25) is 130 Å². The molecule has 26 N–H and O–H groups in total. The molecule has 2 aromatic carbocycles. The molecular weight excluding hydrogens is 1840 g/mol. The number of carbonyl (C=O) groups is 22. The summed E-state index contributed by atoms with van der Waals surface area (Å²) in [6.07, 6.45) is -4.35. The molecule has 0 bridgehead atoms. The minimum absolute atomic E-state index is 0.000426. The first kappa shape index (κ1) is 107. The lowest BCUT2D eigenvalue weighted by atomic mass is 9.96. The third kappa shape index (κ3) is 39.7. The van der Waals surface area contributed by atoms with Gasteiger partial charge in [0.15, 0.2) is 0 Å². The Morgan fingerprint density at radius 1 is 0.442 bits per heavy atom. The molecule has 0 radical (unpaired) electrons. The molecule has 0 aliphatic carbocycles. The number of benzene rings is 2. The van der Waals surface area contributed by atoms with Crippen molar-refractivity contribution in [2.45, 2.75) is 268 Å². The second-order valence-corrected chi connectivity index (χ2v) is 36.7. The third-order valence-electron chi connectivity index (χ3n) is 22.8. The first-order chi connectivity index (χ1) is 67.2. The molecular formula is C90H138N22O24S2. The summed E-state index contributed by atoms with van der Waals surface area (Å²) in [5, 5.41) is 35.3. The van der Waals surface area contributed by atoms with Crippen molar-refractivity contribution in [2.24, 2.45) is 58.1 Å². The zero-order valence-corrected chi connectivity index (χ0v) is 80.7. The quantitative estimate of drug-likeness (QED) is 0.0304. The molecule has 0 aromatic heterocycles. The van der Waals surface area contributed by atoms with E-state index in [2.05, 4.69) is 74.4 Å².